The summed E-state index contributed by atoms with van der Waals surface area (Å²) in [6.07, 6.45) is 12.1. The minimum absolute atomic E-state index is 0.291. The second-order valence-corrected chi connectivity index (χ2v) is 5.89. The minimum atomic E-state index is 0.291. The van der Waals surface area contributed by atoms with Crippen LogP contribution in [0, 0.1) is 0 Å². The third-order valence-corrected chi connectivity index (χ3v) is 4.22. The summed E-state index contributed by atoms with van der Waals surface area (Å²) in [6.45, 7) is 6.89. The van der Waals surface area contributed by atoms with E-state index >= 15 is 0 Å². The van der Waals surface area contributed by atoms with E-state index in [9.17, 15) is 0 Å². The Morgan fingerprint density at radius 3 is 2.71 bits per heavy atom. The zero-order valence-corrected chi connectivity index (χ0v) is 10.7. The zero-order chi connectivity index (χ0) is 10.6. The van der Waals surface area contributed by atoms with Gasteiger partial charge in [0.15, 0.2) is 0 Å². The lowest BCUT2D eigenvalue weighted by atomic mass is 9.90. The van der Waals surface area contributed by atoms with Crippen LogP contribution in [0.2, 0.25) is 0 Å². The molecule has 0 bridgehead atoms. The molecule has 0 fully saturated rings. The number of hydrogen-bond acceptors (Lipinski definition) is 1. The molecule has 0 nitrogen and oxygen atoms in total. The van der Waals surface area contributed by atoms with Crippen molar-refractivity contribution in [1.29, 1.82) is 0 Å². The number of rotatable bonds is 4. The maximum absolute atomic E-state index is 2.43. The van der Waals surface area contributed by atoms with Crippen LogP contribution < -0.4 is 0 Å². The van der Waals surface area contributed by atoms with Crippen LogP contribution in [0.25, 0.3) is 0 Å². The highest BCUT2D eigenvalue weighted by molar-refractivity contribution is 8.00. The fourth-order valence-corrected chi connectivity index (χ4v) is 2.20. The standard InChI is InChI=1S/C13H22S/c1-5-7-11-8-6-9-12(10-11)13(2,3)14-4/h9-10H,5-8H2,1-4H3. The van der Waals surface area contributed by atoms with Gasteiger partial charge in [0.25, 0.3) is 0 Å². The van der Waals surface area contributed by atoms with E-state index in [1.54, 1.807) is 5.57 Å². The molecule has 0 N–H and O–H groups in total. The summed E-state index contributed by atoms with van der Waals surface area (Å²) in [4.78, 5) is 0. The van der Waals surface area contributed by atoms with E-state index in [-0.39, 0.29) is 0 Å². The van der Waals surface area contributed by atoms with Gasteiger partial charge in [-0.1, -0.05) is 31.1 Å². The highest BCUT2D eigenvalue weighted by atomic mass is 32.2. The molecule has 0 aromatic carbocycles. The predicted molar refractivity (Wildman–Crippen MR) is 67.9 cm³/mol. The van der Waals surface area contributed by atoms with Gasteiger partial charge in [0.1, 0.15) is 0 Å². The quantitative estimate of drug-likeness (QED) is 0.654. The van der Waals surface area contributed by atoms with Crippen LogP contribution in [0.3, 0.4) is 0 Å². The Balaban J connectivity index is 2.76. The summed E-state index contributed by atoms with van der Waals surface area (Å²) in [7, 11) is 0. The van der Waals surface area contributed by atoms with Gasteiger partial charge in [0, 0.05) is 4.75 Å². The van der Waals surface area contributed by atoms with Gasteiger partial charge in [-0.05, 0) is 44.9 Å². The Kier molecular flexibility index (Phi) is 4.31. The van der Waals surface area contributed by atoms with Crippen LogP contribution in [0.4, 0.5) is 0 Å². The summed E-state index contributed by atoms with van der Waals surface area (Å²) in [5.74, 6) is 0. The summed E-state index contributed by atoms with van der Waals surface area (Å²) in [6, 6.07) is 0. The van der Waals surface area contributed by atoms with Gasteiger partial charge < -0.3 is 0 Å². The summed E-state index contributed by atoms with van der Waals surface area (Å²) >= 11 is 1.94. The van der Waals surface area contributed by atoms with Crippen molar-refractivity contribution in [2.75, 3.05) is 6.26 Å². The largest absolute Gasteiger partial charge is 0.154 e. The second-order valence-electron chi connectivity index (χ2n) is 4.47. The van der Waals surface area contributed by atoms with E-state index in [0.29, 0.717) is 4.75 Å². The Labute approximate surface area is 92.9 Å². The maximum atomic E-state index is 2.43. The van der Waals surface area contributed by atoms with Crippen molar-refractivity contribution in [3.8, 4) is 0 Å². The first-order valence-electron chi connectivity index (χ1n) is 5.55. The SMILES string of the molecule is CCCC1=CC(C(C)(C)SC)=CCC1. The molecule has 0 aromatic rings. The van der Waals surface area contributed by atoms with Gasteiger partial charge >= 0.3 is 0 Å². The van der Waals surface area contributed by atoms with Crippen molar-refractivity contribution in [3.63, 3.8) is 0 Å². The molecule has 1 aliphatic rings. The topological polar surface area (TPSA) is 0 Å². The number of allylic oxidation sites excluding steroid dienone is 3. The molecule has 1 aliphatic carbocycles. The fourth-order valence-electron chi connectivity index (χ4n) is 1.82. The van der Waals surface area contributed by atoms with E-state index < -0.39 is 0 Å². The van der Waals surface area contributed by atoms with Gasteiger partial charge in [0.05, 0.1) is 0 Å². The minimum Gasteiger partial charge on any atom is -0.154 e. The Morgan fingerprint density at radius 1 is 1.43 bits per heavy atom. The molecule has 80 valence electrons. The molecular formula is C13H22S. The highest BCUT2D eigenvalue weighted by Crippen LogP contribution is 2.35. The molecule has 0 saturated carbocycles. The molecule has 1 rings (SSSR count). The van der Waals surface area contributed by atoms with Gasteiger partial charge in [-0.25, -0.2) is 0 Å². The molecule has 0 aliphatic heterocycles. The Hall–Kier alpha value is -0.170. The molecule has 0 amide bonds. The summed E-state index contributed by atoms with van der Waals surface area (Å²) < 4.78 is 0.291. The van der Waals surface area contributed by atoms with E-state index in [1.165, 1.54) is 31.3 Å². The van der Waals surface area contributed by atoms with Crippen LogP contribution in [0.1, 0.15) is 46.5 Å². The highest BCUT2D eigenvalue weighted by Gasteiger charge is 2.21. The summed E-state index contributed by atoms with van der Waals surface area (Å²) in [5, 5.41) is 0. The predicted octanol–water partition coefficient (Wildman–Crippen LogP) is 4.57. The average Bonchev–Trinajstić information content (AvgIpc) is 2.19. The van der Waals surface area contributed by atoms with Gasteiger partial charge in [-0.3, -0.25) is 0 Å². The lowest BCUT2D eigenvalue weighted by Crippen LogP contribution is -2.18. The fraction of sp³-hybridized carbons (Fsp3) is 0.692. The number of thioether (sulfide) groups is 1. The molecule has 14 heavy (non-hydrogen) atoms. The first-order valence-corrected chi connectivity index (χ1v) is 6.78. The van der Waals surface area contributed by atoms with Crippen molar-refractivity contribution in [3.05, 3.63) is 23.3 Å². The van der Waals surface area contributed by atoms with Crippen molar-refractivity contribution in [1.82, 2.24) is 0 Å². The monoisotopic (exact) mass is 210 g/mol. The van der Waals surface area contributed by atoms with E-state index in [1.807, 2.05) is 11.8 Å². The van der Waals surface area contributed by atoms with Crippen LogP contribution in [-0.4, -0.2) is 11.0 Å². The average molecular weight is 210 g/mol. The second kappa shape index (κ2) is 5.06. The van der Waals surface area contributed by atoms with Crippen molar-refractivity contribution in [2.45, 2.75) is 51.2 Å². The zero-order valence-electron chi connectivity index (χ0n) is 9.89. The van der Waals surface area contributed by atoms with E-state index in [0.717, 1.165) is 0 Å². The Bertz CT molecular complexity index is 246. The smallest absolute Gasteiger partial charge is 0.0346 e. The van der Waals surface area contributed by atoms with Gasteiger partial charge in [-0.2, -0.15) is 11.8 Å². The first-order chi connectivity index (χ1) is 6.60. The summed E-state index contributed by atoms with van der Waals surface area (Å²) in [5.41, 5.74) is 3.17. The van der Waals surface area contributed by atoms with Crippen molar-refractivity contribution >= 4 is 11.8 Å². The molecule has 0 spiro atoms. The lowest BCUT2D eigenvalue weighted by molar-refractivity contribution is 0.777. The van der Waals surface area contributed by atoms with Crippen LogP contribution in [0.5, 0.6) is 0 Å². The van der Waals surface area contributed by atoms with Gasteiger partial charge in [-0.15, -0.1) is 0 Å². The first kappa shape index (κ1) is 11.9. The normalized spacial score (nSPS) is 17.7. The molecule has 0 unspecified atom stereocenters. The van der Waals surface area contributed by atoms with Crippen LogP contribution in [-0.2, 0) is 0 Å². The molecular weight excluding hydrogens is 188 g/mol. The van der Waals surface area contributed by atoms with Gasteiger partial charge in [0.2, 0.25) is 0 Å². The Morgan fingerprint density at radius 2 is 2.14 bits per heavy atom. The molecule has 0 radical (unpaired) electrons. The van der Waals surface area contributed by atoms with E-state index in [4.69, 9.17) is 0 Å². The molecule has 0 saturated heterocycles. The maximum Gasteiger partial charge on any atom is 0.0346 e. The van der Waals surface area contributed by atoms with Crippen molar-refractivity contribution in [2.24, 2.45) is 0 Å². The third-order valence-electron chi connectivity index (χ3n) is 2.97. The molecule has 0 atom stereocenters. The van der Waals surface area contributed by atoms with Crippen LogP contribution in [0.15, 0.2) is 23.3 Å². The van der Waals surface area contributed by atoms with Crippen molar-refractivity contribution < 1.29 is 0 Å². The van der Waals surface area contributed by atoms with E-state index in [2.05, 4.69) is 39.2 Å². The number of hydrogen-bond donors (Lipinski definition) is 0. The molecule has 0 heterocycles. The van der Waals surface area contributed by atoms with Crippen LogP contribution >= 0.6 is 11.8 Å². The third kappa shape index (κ3) is 2.91. The molecule has 0 aromatic heterocycles. The lowest BCUT2D eigenvalue weighted by Gasteiger charge is -2.27. The molecule has 1 heteroatoms.